The summed E-state index contributed by atoms with van der Waals surface area (Å²) < 4.78 is 13.2. The molecule has 0 atom stereocenters. The average Bonchev–Trinajstić information content (AvgIpc) is 2.75. The first-order valence-electron chi connectivity index (χ1n) is 8.89. The van der Waals surface area contributed by atoms with E-state index in [2.05, 4.69) is 31.4 Å². The highest BCUT2D eigenvalue weighted by Gasteiger charge is 2.13. The summed E-state index contributed by atoms with van der Waals surface area (Å²) in [6.07, 6.45) is 0. The Morgan fingerprint density at radius 3 is 2.45 bits per heavy atom. The molecule has 3 aromatic rings. The molecule has 1 N–H and O–H groups in total. The first kappa shape index (κ1) is 21.2. The van der Waals surface area contributed by atoms with Gasteiger partial charge in [0.2, 0.25) is 5.82 Å². The molecule has 29 heavy (non-hydrogen) atoms. The van der Waals surface area contributed by atoms with E-state index in [-0.39, 0.29) is 11.4 Å². The van der Waals surface area contributed by atoms with Crippen molar-refractivity contribution >= 4 is 39.2 Å². The largest absolute Gasteiger partial charge is 0.493 e. The topological polar surface area (TPSA) is 78.3 Å². The Labute approximate surface area is 181 Å². The number of hydrogen-bond donors (Lipinski definition) is 1. The van der Waals surface area contributed by atoms with Crippen molar-refractivity contribution < 1.29 is 9.47 Å². The molecule has 0 unspecified atom stereocenters. The number of halogens is 1. The van der Waals surface area contributed by atoms with Crippen LogP contribution in [0.1, 0.15) is 12.5 Å². The van der Waals surface area contributed by atoms with E-state index >= 15 is 0 Å². The van der Waals surface area contributed by atoms with Gasteiger partial charge in [0.1, 0.15) is 0 Å². The smallest absolute Gasteiger partial charge is 0.297 e. The minimum atomic E-state index is -0.208. The fraction of sp³-hybridized carbons (Fsp3) is 0.250. The Morgan fingerprint density at radius 2 is 1.79 bits per heavy atom. The number of anilines is 2. The van der Waals surface area contributed by atoms with Gasteiger partial charge >= 0.3 is 0 Å². The van der Waals surface area contributed by atoms with Crippen LogP contribution in [0.25, 0.3) is 0 Å². The van der Waals surface area contributed by atoms with E-state index in [1.54, 1.807) is 18.8 Å². The van der Waals surface area contributed by atoms with Crippen LogP contribution >= 0.6 is 27.7 Å². The zero-order valence-electron chi connectivity index (χ0n) is 16.3. The highest BCUT2D eigenvalue weighted by atomic mass is 79.9. The zero-order chi connectivity index (χ0) is 20.8. The molecule has 0 spiro atoms. The fourth-order valence-corrected chi connectivity index (χ4v) is 3.86. The highest BCUT2D eigenvalue weighted by molar-refractivity contribution is 9.10. The lowest BCUT2D eigenvalue weighted by atomic mass is 10.2. The van der Waals surface area contributed by atoms with E-state index in [1.165, 1.54) is 11.8 Å². The average molecular weight is 477 g/mol. The monoisotopic (exact) mass is 476 g/mol. The van der Waals surface area contributed by atoms with Crippen LogP contribution in [-0.2, 0) is 12.3 Å². The Bertz CT molecular complexity index is 1040. The van der Waals surface area contributed by atoms with E-state index in [0.29, 0.717) is 29.0 Å². The molecule has 152 valence electrons. The van der Waals surface area contributed by atoms with Crippen molar-refractivity contribution in [3.05, 3.63) is 62.9 Å². The summed E-state index contributed by atoms with van der Waals surface area (Å²) in [5.74, 6) is 2.16. The van der Waals surface area contributed by atoms with Crippen LogP contribution in [0, 0.1) is 0 Å². The third kappa shape index (κ3) is 5.10. The second kappa shape index (κ2) is 9.80. The SMILES string of the molecule is CCn1c(SCc2ccc(OC)c(OC)c2)nnc(Nc2ccc(Br)cc2)c1=O. The van der Waals surface area contributed by atoms with Crippen molar-refractivity contribution in [3.8, 4) is 11.5 Å². The van der Waals surface area contributed by atoms with Gasteiger partial charge in [0.05, 0.1) is 14.2 Å². The number of methoxy groups -OCH3 is 2. The maximum Gasteiger partial charge on any atom is 0.297 e. The van der Waals surface area contributed by atoms with Gasteiger partial charge in [0, 0.05) is 22.5 Å². The number of nitrogens with zero attached hydrogens (tertiary/aromatic N) is 3. The Hall–Kier alpha value is -2.52. The molecule has 0 aliphatic rings. The third-order valence-corrected chi connectivity index (χ3v) is 5.72. The summed E-state index contributed by atoms with van der Waals surface area (Å²) in [4.78, 5) is 12.8. The summed E-state index contributed by atoms with van der Waals surface area (Å²) >= 11 is 4.84. The van der Waals surface area contributed by atoms with Crippen molar-refractivity contribution in [2.45, 2.75) is 24.4 Å². The van der Waals surface area contributed by atoms with E-state index in [1.807, 2.05) is 49.4 Å². The first-order valence-corrected chi connectivity index (χ1v) is 10.7. The van der Waals surface area contributed by atoms with Crippen molar-refractivity contribution in [1.82, 2.24) is 14.8 Å². The van der Waals surface area contributed by atoms with E-state index in [4.69, 9.17) is 9.47 Å². The van der Waals surface area contributed by atoms with Gasteiger partial charge in [0.15, 0.2) is 16.7 Å². The predicted molar refractivity (Wildman–Crippen MR) is 118 cm³/mol. The Kier molecular flexibility index (Phi) is 7.16. The van der Waals surface area contributed by atoms with Gasteiger partial charge in [-0.15, -0.1) is 10.2 Å². The van der Waals surface area contributed by atoms with Crippen molar-refractivity contribution in [3.63, 3.8) is 0 Å². The quantitative estimate of drug-likeness (QED) is 0.480. The van der Waals surface area contributed by atoms with Gasteiger partial charge in [-0.25, -0.2) is 0 Å². The number of benzene rings is 2. The molecule has 3 rings (SSSR count). The van der Waals surface area contributed by atoms with Gasteiger partial charge < -0.3 is 14.8 Å². The van der Waals surface area contributed by atoms with Crippen LogP contribution in [0.5, 0.6) is 11.5 Å². The maximum atomic E-state index is 12.8. The van der Waals surface area contributed by atoms with Gasteiger partial charge in [-0.3, -0.25) is 9.36 Å². The van der Waals surface area contributed by atoms with Crippen LogP contribution in [0.4, 0.5) is 11.5 Å². The summed E-state index contributed by atoms with van der Waals surface area (Å²) in [5, 5.41) is 12.0. The first-order chi connectivity index (χ1) is 14.0. The Morgan fingerprint density at radius 1 is 1.07 bits per heavy atom. The van der Waals surface area contributed by atoms with Gasteiger partial charge in [-0.1, -0.05) is 33.8 Å². The lowest BCUT2D eigenvalue weighted by molar-refractivity contribution is 0.354. The molecule has 0 radical (unpaired) electrons. The number of thioether (sulfide) groups is 1. The molecular weight excluding hydrogens is 456 g/mol. The van der Waals surface area contributed by atoms with E-state index < -0.39 is 0 Å². The van der Waals surface area contributed by atoms with Crippen molar-refractivity contribution in [2.75, 3.05) is 19.5 Å². The summed E-state index contributed by atoms with van der Waals surface area (Å²) in [6, 6.07) is 13.2. The molecular formula is C20H21BrN4O3S. The molecule has 0 fully saturated rings. The Balaban J connectivity index is 1.79. The lowest BCUT2D eigenvalue weighted by Gasteiger charge is -2.12. The second-order valence-corrected chi connectivity index (χ2v) is 7.85. The third-order valence-electron chi connectivity index (χ3n) is 4.15. The number of rotatable bonds is 8. The molecule has 0 saturated carbocycles. The van der Waals surface area contributed by atoms with Crippen molar-refractivity contribution in [1.29, 1.82) is 0 Å². The molecule has 7 nitrogen and oxygen atoms in total. The summed E-state index contributed by atoms with van der Waals surface area (Å²) in [6.45, 7) is 2.41. The van der Waals surface area contributed by atoms with Crippen LogP contribution in [0.15, 0.2) is 56.9 Å². The van der Waals surface area contributed by atoms with Gasteiger partial charge in [-0.05, 0) is 48.9 Å². The van der Waals surface area contributed by atoms with Crippen LogP contribution in [0.3, 0.4) is 0 Å². The summed E-state index contributed by atoms with van der Waals surface area (Å²) in [7, 11) is 3.21. The van der Waals surface area contributed by atoms with Gasteiger partial charge in [-0.2, -0.15) is 0 Å². The molecule has 2 aromatic carbocycles. The summed E-state index contributed by atoms with van der Waals surface area (Å²) in [5.41, 5.74) is 1.59. The minimum Gasteiger partial charge on any atom is -0.493 e. The normalized spacial score (nSPS) is 10.6. The molecule has 0 saturated heterocycles. The van der Waals surface area contributed by atoms with Gasteiger partial charge in [0.25, 0.3) is 5.56 Å². The van der Waals surface area contributed by atoms with Crippen LogP contribution in [0.2, 0.25) is 0 Å². The second-order valence-electron chi connectivity index (χ2n) is 5.99. The molecule has 9 heteroatoms. The number of ether oxygens (including phenoxy) is 2. The molecule has 0 aliphatic carbocycles. The maximum absolute atomic E-state index is 12.8. The van der Waals surface area contributed by atoms with E-state index in [0.717, 1.165) is 15.7 Å². The fourth-order valence-electron chi connectivity index (χ4n) is 2.66. The lowest BCUT2D eigenvalue weighted by Crippen LogP contribution is -2.26. The molecule has 1 aromatic heterocycles. The number of aromatic nitrogens is 3. The molecule has 0 aliphatic heterocycles. The van der Waals surface area contributed by atoms with Crippen LogP contribution < -0.4 is 20.3 Å². The molecule has 0 bridgehead atoms. The predicted octanol–water partition coefficient (Wildman–Crippen LogP) is 4.47. The minimum absolute atomic E-state index is 0.199. The highest BCUT2D eigenvalue weighted by Crippen LogP contribution is 2.30. The van der Waals surface area contributed by atoms with Crippen molar-refractivity contribution in [2.24, 2.45) is 0 Å². The number of nitrogens with one attached hydrogen (secondary N) is 1. The zero-order valence-corrected chi connectivity index (χ0v) is 18.7. The molecule has 1 heterocycles. The molecule has 0 amide bonds. The van der Waals surface area contributed by atoms with E-state index in [9.17, 15) is 4.79 Å². The van der Waals surface area contributed by atoms with Crippen LogP contribution in [-0.4, -0.2) is 29.0 Å². The number of hydrogen-bond acceptors (Lipinski definition) is 7. The standard InChI is InChI=1S/C20H21BrN4O3S/c1-4-25-19(26)18(22-15-8-6-14(21)7-9-15)23-24-20(25)29-12-13-5-10-16(27-2)17(11-13)28-3/h5-11H,4,12H2,1-3H3,(H,22,23).